The van der Waals surface area contributed by atoms with Crippen LogP contribution in [0.4, 0.5) is 0 Å². The maximum atomic E-state index is 5.41. The summed E-state index contributed by atoms with van der Waals surface area (Å²) in [7, 11) is 0. The second-order valence-electron chi connectivity index (χ2n) is 6.38. The number of rotatable bonds is 6. The second kappa shape index (κ2) is 8.40. The quantitative estimate of drug-likeness (QED) is 0.667. The molecule has 3 heterocycles. The zero-order valence-electron chi connectivity index (χ0n) is 14.6. The van der Waals surface area contributed by atoms with Crippen LogP contribution in [0.3, 0.4) is 0 Å². The Kier molecular flexibility index (Phi) is 5.54. The molecule has 0 atom stereocenters. The Morgan fingerprint density at radius 2 is 1.81 bits per heavy atom. The fraction of sp³-hybridized carbons (Fsp3) is 0.300. The molecule has 3 aromatic rings. The van der Waals surface area contributed by atoms with Crippen LogP contribution in [-0.4, -0.2) is 52.7 Å². The lowest BCUT2D eigenvalue weighted by molar-refractivity contribution is 0.125. The minimum absolute atomic E-state index is 0.694. The minimum atomic E-state index is 0.694. The number of thiophene rings is 1. The predicted octanol–water partition coefficient (Wildman–Crippen LogP) is 3.63. The van der Waals surface area contributed by atoms with Crippen molar-refractivity contribution in [3.05, 3.63) is 65.4 Å². The highest BCUT2D eigenvalue weighted by atomic mass is 32.1. The molecule has 0 radical (unpaired) electrons. The lowest BCUT2D eigenvalue weighted by Gasteiger charge is -2.33. The summed E-state index contributed by atoms with van der Waals surface area (Å²) in [6.45, 7) is 5.89. The van der Waals surface area contributed by atoms with E-state index in [1.807, 2.05) is 23.6 Å². The lowest BCUT2D eigenvalue weighted by Crippen LogP contribution is -2.45. The fourth-order valence-corrected chi connectivity index (χ4v) is 3.70. The van der Waals surface area contributed by atoms with Gasteiger partial charge in [0.2, 0.25) is 11.7 Å². The van der Waals surface area contributed by atoms with E-state index < -0.39 is 0 Å². The summed E-state index contributed by atoms with van der Waals surface area (Å²) in [6.07, 6.45) is 4.44. The highest BCUT2D eigenvalue weighted by Gasteiger charge is 2.19. The molecule has 1 saturated heterocycles. The van der Waals surface area contributed by atoms with Crippen molar-refractivity contribution < 1.29 is 4.52 Å². The number of hydrogen-bond acceptors (Lipinski definition) is 6. The van der Waals surface area contributed by atoms with Gasteiger partial charge < -0.3 is 4.52 Å². The first kappa shape index (κ1) is 17.1. The van der Waals surface area contributed by atoms with Crippen LogP contribution in [0, 0.1) is 0 Å². The third-order valence-corrected chi connectivity index (χ3v) is 5.37. The van der Waals surface area contributed by atoms with Gasteiger partial charge in [0.15, 0.2) is 0 Å². The van der Waals surface area contributed by atoms with Crippen LogP contribution < -0.4 is 0 Å². The van der Waals surface area contributed by atoms with E-state index in [1.54, 1.807) is 11.3 Å². The van der Waals surface area contributed by atoms with Crippen LogP contribution in [0.15, 0.2) is 58.4 Å². The van der Waals surface area contributed by atoms with E-state index in [0.717, 1.165) is 44.1 Å². The van der Waals surface area contributed by atoms with Crippen molar-refractivity contribution in [3.63, 3.8) is 0 Å². The van der Waals surface area contributed by atoms with E-state index in [0.29, 0.717) is 11.7 Å². The minimum Gasteiger partial charge on any atom is -0.338 e. The van der Waals surface area contributed by atoms with Crippen LogP contribution in [0.5, 0.6) is 0 Å². The van der Waals surface area contributed by atoms with Gasteiger partial charge in [-0.1, -0.05) is 53.7 Å². The molecule has 0 amide bonds. The maximum Gasteiger partial charge on any atom is 0.241 e. The van der Waals surface area contributed by atoms with Crippen LogP contribution in [0.1, 0.15) is 11.5 Å². The first-order valence-corrected chi connectivity index (χ1v) is 9.77. The largest absolute Gasteiger partial charge is 0.338 e. The number of nitrogens with zero attached hydrogens (tertiary/aromatic N) is 4. The van der Waals surface area contributed by atoms with Crippen molar-refractivity contribution in [3.8, 4) is 10.7 Å². The van der Waals surface area contributed by atoms with Crippen molar-refractivity contribution in [2.75, 3.05) is 32.7 Å². The van der Waals surface area contributed by atoms with E-state index in [1.165, 1.54) is 5.56 Å². The van der Waals surface area contributed by atoms with Gasteiger partial charge >= 0.3 is 0 Å². The van der Waals surface area contributed by atoms with Gasteiger partial charge in [-0.25, -0.2) is 0 Å². The number of aromatic nitrogens is 2. The molecule has 2 aromatic heterocycles. The van der Waals surface area contributed by atoms with Gasteiger partial charge in [0.05, 0.1) is 11.4 Å². The monoisotopic (exact) mass is 366 g/mol. The molecule has 1 fully saturated rings. The molecule has 1 aromatic carbocycles. The zero-order valence-corrected chi connectivity index (χ0v) is 15.4. The second-order valence-corrected chi connectivity index (χ2v) is 7.33. The fourth-order valence-electron chi connectivity index (χ4n) is 3.05. The molecule has 4 rings (SSSR count). The Labute approximate surface area is 157 Å². The molecule has 6 heteroatoms. The molecule has 134 valence electrons. The molecule has 0 spiro atoms. The van der Waals surface area contributed by atoms with Crippen LogP contribution in [-0.2, 0) is 6.54 Å². The SMILES string of the molecule is C(=C\c1ccccc1)/CN1CCN(Cc2nc(-c3cccs3)no2)CC1. The maximum absolute atomic E-state index is 5.41. The summed E-state index contributed by atoms with van der Waals surface area (Å²) in [5.41, 5.74) is 1.25. The predicted molar refractivity (Wildman–Crippen MR) is 105 cm³/mol. The first-order valence-electron chi connectivity index (χ1n) is 8.89. The molecular weight excluding hydrogens is 344 g/mol. The smallest absolute Gasteiger partial charge is 0.241 e. The van der Waals surface area contributed by atoms with E-state index in [9.17, 15) is 0 Å². The summed E-state index contributed by atoms with van der Waals surface area (Å²) in [5.74, 6) is 1.39. The summed E-state index contributed by atoms with van der Waals surface area (Å²) < 4.78 is 5.41. The standard InChI is InChI=1S/C20H22N4OS/c1-2-6-17(7-3-1)8-4-10-23-11-13-24(14-12-23)16-19-21-20(22-25-19)18-9-5-15-26-18/h1-9,15H,10-14,16H2/b8-4+. The van der Waals surface area contributed by atoms with E-state index >= 15 is 0 Å². The first-order chi connectivity index (χ1) is 12.9. The van der Waals surface area contributed by atoms with Gasteiger partial charge in [-0.05, 0) is 17.0 Å². The third kappa shape index (κ3) is 4.46. The average molecular weight is 366 g/mol. The van der Waals surface area contributed by atoms with Gasteiger partial charge in [-0.3, -0.25) is 9.80 Å². The van der Waals surface area contributed by atoms with E-state index in [2.05, 4.69) is 56.4 Å². The van der Waals surface area contributed by atoms with E-state index in [-0.39, 0.29) is 0 Å². The van der Waals surface area contributed by atoms with Gasteiger partial charge in [-0.15, -0.1) is 11.3 Å². The number of benzene rings is 1. The molecule has 0 saturated carbocycles. The van der Waals surface area contributed by atoms with Crippen molar-refractivity contribution >= 4 is 17.4 Å². The molecule has 0 N–H and O–H groups in total. The zero-order chi connectivity index (χ0) is 17.6. The summed E-state index contributed by atoms with van der Waals surface area (Å²) >= 11 is 1.63. The summed E-state index contributed by atoms with van der Waals surface area (Å²) in [6, 6.07) is 14.5. The van der Waals surface area contributed by atoms with Gasteiger partial charge in [0.1, 0.15) is 0 Å². The Morgan fingerprint density at radius 3 is 2.58 bits per heavy atom. The molecule has 0 aliphatic carbocycles. The molecule has 26 heavy (non-hydrogen) atoms. The lowest BCUT2D eigenvalue weighted by atomic mass is 10.2. The Bertz CT molecular complexity index is 821. The molecule has 5 nitrogen and oxygen atoms in total. The van der Waals surface area contributed by atoms with Crippen LogP contribution >= 0.6 is 11.3 Å². The van der Waals surface area contributed by atoms with Crippen molar-refractivity contribution in [2.24, 2.45) is 0 Å². The van der Waals surface area contributed by atoms with Crippen LogP contribution in [0.2, 0.25) is 0 Å². The molecule has 0 bridgehead atoms. The van der Waals surface area contributed by atoms with Gasteiger partial charge in [0, 0.05) is 32.7 Å². The molecule has 0 unspecified atom stereocenters. The Balaban J connectivity index is 1.23. The summed E-state index contributed by atoms with van der Waals surface area (Å²) in [5, 5.41) is 6.11. The summed E-state index contributed by atoms with van der Waals surface area (Å²) in [4.78, 5) is 10.4. The normalized spacial score (nSPS) is 16.5. The Morgan fingerprint density at radius 1 is 1.00 bits per heavy atom. The topological polar surface area (TPSA) is 45.4 Å². The third-order valence-electron chi connectivity index (χ3n) is 4.51. The van der Waals surface area contributed by atoms with Gasteiger partial charge in [0.25, 0.3) is 0 Å². The Hall–Kier alpha value is -2.28. The van der Waals surface area contributed by atoms with E-state index in [4.69, 9.17) is 4.52 Å². The molecule has 1 aliphatic rings. The molecular formula is C20H22N4OS. The van der Waals surface area contributed by atoms with Crippen molar-refractivity contribution in [2.45, 2.75) is 6.54 Å². The van der Waals surface area contributed by atoms with Crippen LogP contribution in [0.25, 0.3) is 16.8 Å². The van der Waals surface area contributed by atoms with Crippen molar-refractivity contribution in [1.29, 1.82) is 0 Å². The number of hydrogen-bond donors (Lipinski definition) is 0. The van der Waals surface area contributed by atoms with Crippen molar-refractivity contribution in [1.82, 2.24) is 19.9 Å². The average Bonchev–Trinajstić information content (AvgIpc) is 3.36. The molecule has 1 aliphatic heterocycles. The highest BCUT2D eigenvalue weighted by molar-refractivity contribution is 7.13. The highest BCUT2D eigenvalue weighted by Crippen LogP contribution is 2.21. The number of piperazine rings is 1. The van der Waals surface area contributed by atoms with Gasteiger partial charge in [-0.2, -0.15) is 4.98 Å².